The molecular weight excluding hydrogens is 216 g/mol. The van der Waals surface area contributed by atoms with Gasteiger partial charge in [0.25, 0.3) is 0 Å². The van der Waals surface area contributed by atoms with Crippen molar-refractivity contribution >= 4 is 18.3 Å². The average molecular weight is 237 g/mol. The van der Waals surface area contributed by atoms with Gasteiger partial charge in [0.15, 0.2) is 0 Å². The van der Waals surface area contributed by atoms with Gasteiger partial charge in [-0.25, -0.2) is 0 Å². The Labute approximate surface area is 97.5 Å². The van der Waals surface area contributed by atoms with E-state index in [1.165, 1.54) is 0 Å². The molecule has 1 fully saturated rings. The maximum absolute atomic E-state index is 11.4. The Balaban J connectivity index is 0.00000196. The van der Waals surface area contributed by atoms with Gasteiger partial charge < -0.3 is 15.4 Å². The summed E-state index contributed by atoms with van der Waals surface area (Å²) in [6, 6.07) is 0.285. The van der Waals surface area contributed by atoms with Crippen molar-refractivity contribution in [2.75, 3.05) is 26.8 Å². The lowest BCUT2D eigenvalue weighted by Gasteiger charge is -2.30. The van der Waals surface area contributed by atoms with Crippen LogP contribution in [0.1, 0.15) is 19.8 Å². The quantitative estimate of drug-likeness (QED) is 0.750. The Hall–Kier alpha value is -0.320. The highest BCUT2D eigenvalue weighted by molar-refractivity contribution is 5.85. The van der Waals surface area contributed by atoms with Gasteiger partial charge in [-0.2, -0.15) is 0 Å². The molecule has 1 aliphatic rings. The maximum Gasteiger partial charge on any atom is 0.222 e. The van der Waals surface area contributed by atoms with E-state index in [9.17, 15) is 4.79 Å². The number of piperidine rings is 1. The number of amides is 1. The van der Waals surface area contributed by atoms with Crippen molar-refractivity contribution < 1.29 is 9.53 Å². The fourth-order valence-corrected chi connectivity index (χ4v) is 1.66. The highest BCUT2D eigenvalue weighted by atomic mass is 35.5. The Morgan fingerprint density at radius 2 is 2.33 bits per heavy atom. The number of carbonyl (C=O) groups is 1. The lowest BCUT2D eigenvalue weighted by atomic mass is 9.95. The second-order valence-corrected chi connectivity index (χ2v) is 3.89. The van der Waals surface area contributed by atoms with Crippen molar-refractivity contribution in [1.82, 2.24) is 10.6 Å². The molecule has 4 nitrogen and oxygen atoms in total. The van der Waals surface area contributed by atoms with Crippen LogP contribution in [0.2, 0.25) is 0 Å². The van der Waals surface area contributed by atoms with Crippen molar-refractivity contribution in [3.05, 3.63) is 0 Å². The number of ether oxygens (including phenoxy) is 1. The summed E-state index contributed by atoms with van der Waals surface area (Å²) in [5.41, 5.74) is 0. The first-order valence-electron chi connectivity index (χ1n) is 5.23. The van der Waals surface area contributed by atoms with Crippen LogP contribution in [0.25, 0.3) is 0 Å². The molecule has 2 atom stereocenters. The molecule has 0 spiro atoms. The zero-order valence-electron chi connectivity index (χ0n) is 9.41. The monoisotopic (exact) mass is 236 g/mol. The predicted molar refractivity (Wildman–Crippen MR) is 62.3 cm³/mol. The fraction of sp³-hybridized carbons (Fsp3) is 0.900. The molecule has 0 aromatic rings. The van der Waals surface area contributed by atoms with Crippen LogP contribution in [-0.2, 0) is 9.53 Å². The van der Waals surface area contributed by atoms with Crippen LogP contribution in [0.5, 0.6) is 0 Å². The second-order valence-electron chi connectivity index (χ2n) is 3.89. The normalized spacial score (nSPS) is 25.5. The van der Waals surface area contributed by atoms with Crippen molar-refractivity contribution in [2.24, 2.45) is 5.92 Å². The zero-order valence-corrected chi connectivity index (χ0v) is 10.2. The molecule has 1 heterocycles. The van der Waals surface area contributed by atoms with E-state index in [2.05, 4.69) is 17.6 Å². The van der Waals surface area contributed by atoms with E-state index in [1.54, 1.807) is 7.11 Å². The van der Waals surface area contributed by atoms with Crippen LogP contribution in [0, 0.1) is 5.92 Å². The molecule has 0 aromatic heterocycles. The summed E-state index contributed by atoms with van der Waals surface area (Å²) < 4.78 is 4.85. The second kappa shape index (κ2) is 7.91. The fourth-order valence-electron chi connectivity index (χ4n) is 1.66. The molecule has 15 heavy (non-hydrogen) atoms. The third-order valence-electron chi connectivity index (χ3n) is 2.71. The number of hydrogen-bond acceptors (Lipinski definition) is 3. The minimum atomic E-state index is 0. The van der Waals surface area contributed by atoms with Gasteiger partial charge in [-0.15, -0.1) is 12.4 Å². The zero-order chi connectivity index (χ0) is 10.4. The van der Waals surface area contributed by atoms with E-state index < -0.39 is 0 Å². The van der Waals surface area contributed by atoms with Crippen LogP contribution in [-0.4, -0.2) is 38.8 Å². The molecule has 2 unspecified atom stereocenters. The Bertz CT molecular complexity index is 190. The lowest BCUT2D eigenvalue weighted by molar-refractivity contribution is -0.123. The summed E-state index contributed by atoms with van der Waals surface area (Å²) in [7, 11) is 1.61. The first-order valence-corrected chi connectivity index (χ1v) is 5.23. The lowest BCUT2D eigenvalue weighted by Crippen LogP contribution is -2.50. The van der Waals surface area contributed by atoms with Crippen LogP contribution < -0.4 is 10.6 Å². The van der Waals surface area contributed by atoms with Gasteiger partial charge in [-0.1, -0.05) is 6.92 Å². The summed E-state index contributed by atoms with van der Waals surface area (Å²) in [5.74, 6) is 0.662. The number of nitrogens with one attached hydrogen (secondary N) is 2. The maximum atomic E-state index is 11.4. The SMILES string of the molecule is COCCC(=O)NC1CNCCC1C.Cl. The Kier molecular flexibility index (Phi) is 7.74. The van der Waals surface area contributed by atoms with Gasteiger partial charge in [0.1, 0.15) is 0 Å². The average Bonchev–Trinajstić information content (AvgIpc) is 2.18. The summed E-state index contributed by atoms with van der Waals surface area (Å²) >= 11 is 0. The molecule has 0 bridgehead atoms. The Morgan fingerprint density at radius 1 is 1.60 bits per heavy atom. The highest BCUT2D eigenvalue weighted by Crippen LogP contribution is 2.10. The third kappa shape index (κ3) is 5.35. The number of hydrogen-bond donors (Lipinski definition) is 2. The Morgan fingerprint density at radius 3 is 2.93 bits per heavy atom. The van der Waals surface area contributed by atoms with Gasteiger partial charge in [-0.05, 0) is 18.9 Å². The molecule has 1 amide bonds. The van der Waals surface area contributed by atoms with E-state index in [-0.39, 0.29) is 24.4 Å². The molecule has 1 saturated heterocycles. The first-order chi connectivity index (χ1) is 6.74. The minimum Gasteiger partial charge on any atom is -0.384 e. The molecule has 1 aliphatic heterocycles. The smallest absolute Gasteiger partial charge is 0.222 e. The van der Waals surface area contributed by atoms with Crippen LogP contribution in [0.15, 0.2) is 0 Å². The molecule has 0 aliphatic carbocycles. The van der Waals surface area contributed by atoms with E-state index in [1.807, 2.05) is 0 Å². The molecule has 90 valence electrons. The van der Waals surface area contributed by atoms with Crippen molar-refractivity contribution in [2.45, 2.75) is 25.8 Å². The topological polar surface area (TPSA) is 50.4 Å². The number of halogens is 1. The van der Waals surface area contributed by atoms with E-state index in [4.69, 9.17) is 4.74 Å². The molecule has 2 N–H and O–H groups in total. The van der Waals surface area contributed by atoms with Gasteiger partial charge >= 0.3 is 0 Å². The minimum absolute atomic E-state index is 0. The molecule has 5 heteroatoms. The summed E-state index contributed by atoms with van der Waals surface area (Å²) in [5, 5.41) is 6.30. The van der Waals surface area contributed by atoms with Gasteiger partial charge in [0.2, 0.25) is 5.91 Å². The van der Waals surface area contributed by atoms with Crippen LogP contribution >= 0.6 is 12.4 Å². The number of rotatable bonds is 4. The molecule has 0 aromatic carbocycles. The standard InChI is InChI=1S/C10H20N2O2.ClH/c1-8-3-5-11-7-9(8)12-10(13)4-6-14-2;/h8-9,11H,3-7H2,1-2H3,(H,12,13);1H. The van der Waals surface area contributed by atoms with Crippen molar-refractivity contribution in [1.29, 1.82) is 0 Å². The molecular formula is C10H21ClN2O2. The molecule has 0 saturated carbocycles. The highest BCUT2D eigenvalue weighted by Gasteiger charge is 2.21. The molecule has 1 rings (SSSR count). The van der Waals surface area contributed by atoms with Crippen LogP contribution in [0.4, 0.5) is 0 Å². The summed E-state index contributed by atoms with van der Waals surface area (Å²) in [4.78, 5) is 11.4. The van der Waals surface area contributed by atoms with Crippen LogP contribution in [0.3, 0.4) is 0 Å². The number of carbonyl (C=O) groups excluding carboxylic acids is 1. The summed E-state index contributed by atoms with van der Waals surface area (Å²) in [6.45, 7) is 4.63. The van der Waals surface area contributed by atoms with E-state index in [0.717, 1.165) is 19.5 Å². The van der Waals surface area contributed by atoms with Gasteiger partial charge in [0, 0.05) is 26.1 Å². The van der Waals surface area contributed by atoms with Gasteiger partial charge in [-0.3, -0.25) is 4.79 Å². The molecule has 0 radical (unpaired) electrons. The predicted octanol–water partition coefficient (Wildman–Crippen LogP) is 0.559. The largest absolute Gasteiger partial charge is 0.384 e. The van der Waals surface area contributed by atoms with E-state index in [0.29, 0.717) is 18.9 Å². The number of methoxy groups -OCH3 is 1. The van der Waals surface area contributed by atoms with Gasteiger partial charge in [0.05, 0.1) is 6.61 Å². The van der Waals surface area contributed by atoms with Crippen molar-refractivity contribution in [3.63, 3.8) is 0 Å². The third-order valence-corrected chi connectivity index (χ3v) is 2.71. The first kappa shape index (κ1) is 14.7. The van der Waals surface area contributed by atoms with Crippen molar-refractivity contribution in [3.8, 4) is 0 Å². The van der Waals surface area contributed by atoms with E-state index >= 15 is 0 Å². The summed E-state index contributed by atoms with van der Waals surface area (Å²) in [6.07, 6.45) is 1.59.